The van der Waals surface area contributed by atoms with Gasteiger partial charge in [0.25, 0.3) is 0 Å². The molecule has 30 heavy (non-hydrogen) atoms. The predicted molar refractivity (Wildman–Crippen MR) is 106 cm³/mol. The minimum absolute atomic E-state index is 0.0488. The quantitative estimate of drug-likeness (QED) is 0.510. The van der Waals surface area contributed by atoms with Gasteiger partial charge in [-0.1, -0.05) is 30.3 Å². The molecular formula is C21H28N2O7. The highest BCUT2D eigenvalue weighted by atomic mass is 16.5. The number of carbonyl (C=O) groups excluding carboxylic acids is 4. The van der Waals surface area contributed by atoms with Gasteiger partial charge in [-0.15, -0.1) is 0 Å². The van der Waals surface area contributed by atoms with Crippen molar-refractivity contribution in [3.63, 3.8) is 0 Å². The number of Topliss-reactive ketones (excluding diaryl/α,β-unsaturated/α-hetero) is 1. The van der Waals surface area contributed by atoms with Gasteiger partial charge in [-0.3, -0.25) is 9.59 Å². The van der Waals surface area contributed by atoms with Gasteiger partial charge in [-0.2, -0.15) is 0 Å². The zero-order valence-electron chi connectivity index (χ0n) is 17.0. The summed E-state index contributed by atoms with van der Waals surface area (Å²) in [5.41, 5.74) is 0.822. The van der Waals surface area contributed by atoms with E-state index in [0.29, 0.717) is 19.3 Å². The Kier molecular flexibility index (Phi) is 9.27. The highest BCUT2D eigenvalue weighted by molar-refractivity contribution is 5.86. The van der Waals surface area contributed by atoms with E-state index in [1.165, 1.54) is 7.11 Å². The Bertz CT molecular complexity index is 738. The summed E-state index contributed by atoms with van der Waals surface area (Å²) in [6, 6.07) is 8.17. The van der Waals surface area contributed by atoms with Crippen LogP contribution in [0.15, 0.2) is 30.3 Å². The van der Waals surface area contributed by atoms with Crippen molar-refractivity contribution < 1.29 is 33.8 Å². The number of amides is 2. The van der Waals surface area contributed by atoms with Crippen LogP contribution in [0.1, 0.15) is 37.7 Å². The fourth-order valence-electron chi connectivity index (χ4n) is 3.33. The minimum atomic E-state index is -1.17. The summed E-state index contributed by atoms with van der Waals surface area (Å²) in [6.07, 6.45) is -0.242. The molecule has 1 aliphatic rings. The van der Waals surface area contributed by atoms with Crippen molar-refractivity contribution in [1.82, 2.24) is 10.6 Å². The Morgan fingerprint density at radius 3 is 2.63 bits per heavy atom. The first-order valence-corrected chi connectivity index (χ1v) is 9.90. The summed E-state index contributed by atoms with van der Waals surface area (Å²) in [5.74, 6) is -1.48. The lowest BCUT2D eigenvalue weighted by Gasteiger charge is -2.28. The second kappa shape index (κ2) is 11.9. The number of nitrogens with one attached hydrogen (secondary N) is 2. The third-order valence-corrected chi connectivity index (χ3v) is 4.88. The molecule has 9 heteroatoms. The number of rotatable bonds is 9. The minimum Gasteiger partial charge on any atom is -0.467 e. The highest BCUT2D eigenvalue weighted by Crippen LogP contribution is 2.25. The lowest BCUT2D eigenvalue weighted by molar-refractivity contribution is -0.147. The molecule has 0 aromatic heterocycles. The first-order valence-electron chi connectivity index (χ1n) is 9.90. The molecule has 2 rings (SSSR count). The summed E-state index contributed by atoms with van der Waals surface area (Å²) >= 11 is 0. The summed E-state index contributed by atoms with van der Waals surface area (Å²) < 4.78 is 9.78. The molecule has 1 fully saturated rings. The van der Waals surface area contributed by atoms with Crippen molar-refractivity contribution in [3.05, 3.63) is 35.9 Å². The fourth-order valence-corrected chi connectivity index (χ4v) is 3.33. The Hall–Kier alpha value is -2.94. The van der Waals surface area contributed by atoms with Crippen LogP contribution < -0.4 is 10.6 Å². The zero-order chi connectivity index (χ0) is 21.9. The van der Waals surface area contributed by atoms with Gasteiger partial charge >= 0.3 is 12.1 Å². The predicted octanol–water partition coefficient (Wildman–Crippen LogP) is 1.08. The van der Waals surface area contributed by atoms with Crippen LogP contribution >= 0.6 is 0 Å². The normalized spacial score (nSPS) is 18.1. The molecule has 2 amide bonds. The zero-order valence-corrected chi connectivity index (χ0v) is 17.0. The van der Waals surface area contributed by atoms with Gasteiger partial charge in [0.05, 0.1) is 19.6 Å². The Labute approximate surface area is 175 Å². The fraction of sp³-hybridized carbons (Fsp3) is 0.524. The number of aliphatic hydroxyl groups is 1. The van der Waals surface area contributed by atoms with E-state index in [0.717, 1.165) is 5.56 Å². The molecule has 3 N–H and O–H groups in total. The number of hydrogen-bond donors (Lipinski definition) is 3. The molecule has 0 spiro atoms. The summed E-state index contributed by atoms with van der Waals surface area (Å²) in [5, 5.41) is 15.0. The van der Waals surface area contributed by atoms with Crippen LogP contribution in [0.25, 0.3) is 0 Å². The molecule has 1 aromatic carbocycles. The lowest BCUT2D eigenvalue weighted by atomic mass is 9.83. The largest absolute Gasteiger partial charge is 0.467 e. The van der Waals surface area contributed by atoms with Crippen LogP contribution in [0, 0.1) is 5.92 Å². The second-order valence-corrected chi connectivity index (χ2v) is 7.26. The number of ether oxygens (including phenoxy) is 2. The Morgan fingerprint density at radius 1 is 1.23 bits per heavy atom. The van der Waals surface area contributed by atoms with Crippen molar-refractivity contribution in [2.24, 2.45) is 5.92 Å². The monoisotopic (exact) mass is 420 g/mol. The Morgan fingerprint density at radius 2 is 1.97 bits per heavy atom. The molecular weight excluding hydrogens is 392 g/mol. The molecule has 1 saturated carbocycles. The van der Waals surface area contributed by atoms with Crippen LogP contribution in [0.5, 0.6) is 0 Å². The molecule has 3 atom stereocenters. The SMILES string of the molecule is COC(=O)[C@@H](NC(=O)C[C@H](O)CNC(=O)OCc1ccccc1)[C@H]1CCCC(=O)C1. The van der Waals surface area contributed by atoms with Crippen LogP contribution in [0.4, 0.5) is 4.79 Å². The van der Waals surface area contributed by atoms with E-state index in [2.05, 4.69) is 10.6 Å². The van der Waals surface area contributed by atoms with Crippen molar-refractivity contribution >= 4 is 23.8 Å². The van der Waals surface area contributed by atoms with Crippen LogP contribution in [0.2, 0.25) is 0 Å². The van der Waals surface area contributed by atoms with Crippen molar-refractivity contribution in [3.8, 4) is 0 Å². The first kappa shape index (κ1) is 23.3. The van der Waals surface area contributed by atoms with E-state index in [1.807, 2.05) is 30.3 Å². The van der Waals surface area contributed by atoms with Crippen LogP contribution in [-0.2, 0) is 30.5 Å². The average molecular weight is 420 g/mol. The number of alkyl carbamates (subject to hydrolysis) is 1. The lowest BCUT2D eigenvalue weighted by Crippen LogP contribution is -2.49. The molecule has 0 unspecified atom stereocenters. The van der Waals surface area contributed by atoms with E-state index < -0.39 is 30.1 Å². The summed E-state index contributed by atoms with van der Waals surface area (Å²) in [7, 11) is 1.21. The topological polar surface area (TPSA) is 131 Å². The number of hydrogen-bond acceptors (Lipinski definition) is 7. The maximum atomic E-state index is 12.3. The van der Waals surface area contributed by atoms with Crippen LogP contribution in [-0.4, -0.2) is 54.7 Å². The number of benzene rings is 1. The van der Waals surface area contributed by atoms with Crippen molar-refractivity contribution in [2.75, 3.05) is 13.7 Å². The standard InChI is InChI=1S/C21H28N2O7/c1-29-20(27)19(15-8-5-9-16(24)10-15)23-18(26)11-17(25)12-22-21(28)30-13-14-6-3-2-4-7-14/h2-4,6-7,15,17,19,25H,5,8-13H2,1H3,(H,22,28)(H,23,26)/t15-,17-,19-/m0/s1. The summed E-state index contributed by atoms with van der Waals surface area (Å²) in [6.45, 7) is -0.101. The maximum Gasteiger partial charge on any atom is 0.407 e. The van der Waals surface area contributed by atoms with E-state index >= 15 is 0 Å². The number of carbonyl (C=O) groups is 4. The maximum absolute atomic E-state index is 12.3. The summed E-state index contributed by atoms with van der Waals surface area (Å²) in [4.78, 5) is 47.7. The second-order valence-electron chi connectivity index (χ2n) is 7.26. The highest BCUT2D eigenvalue weighted by Gasteiger charge is 2.34. The molecule has 0 saturated heterocycles. The third kappa shape index (κ3) is 7.82. The molecule has 164 valence electrons. The van der Waals surface area contributed by atoms with Gasteiger partial charge in [-0.05, 0) is 24.3 Å². The molecule has 0 radical (unpaired) electrons. The molecule has 0 bridgehead atoms. The smallest absolute Gasteiger partial charge is 0.407 e. The molecule has 1 aromatic rings. The van der Waals surface area contributed by atoms with Gasteiger partial charge in [0.1, 0.15) is 18.4 Å². The number of aliphatic hydroxyl groups excluding tert-OH is 1. The number of esters is 1. The van der Waals surface area contributed by atoms with Gasteiger partial charge in [0.2, 0.25) is 5.91 Å². The van der Waals surface area contributed by atoms with Gasteiger partial charge in [0.15, 0.2) is 0 Å². The van der Waals surface area contributed by atoms with Crippen LogP contribution in [0.3, 0.4) is 0 Å². The first-order chi connectivity index (χ1) is 14.4. The third-order valence-electron chi connectivity index (χ3n) is 4.88. The number of methoxy groups -OCH3 is 1. The molecule has 0 heterocycles. The van der Waals surface area contributed by atoms with Gasteiger partial charge < -0.3 is 25.2 Å². The van der Waals surface area contributed by atoms with Gasteiger partial charge in [-0.25, -0.2) is 9.59 Å². The Balaban J connectivity index is 1.75. The van der Waals surface area contributed by atoms with Gasteiger partial charge in [0, 0.05) is 19.4 Å². The molecule has 9 nitrogen and oxygen atoms in total. The van der Waals surface area contributed by atoms with Crippen molar-refractivity contribution in [1.29, 1.82) is 0 Å². The average Bonchev–Trinajstić information content (AvgIpc) is 2.74. The number of ketones is 1. The molecule has 0 aliphatic heterocycles. The van der Waals surface area contributed by atoms with E-state index in [4.69, 9.17) is 9.47 Å². The van der Waals surface area contributed by atoms with Crippen molar-refractivity contribution in [2.45, 2.75) is 50.9 Å². The van der Waals surface area contributed by atoms with E-state index in [-0.39, 0.29) is 37.7 Å². The van der Waals surface area contributed by atoms with E-state index in [1.54, 1.807) is 0 Å². The molecule has 1 aliphatic carbocycles. The van der Waals surface area contributed by atoms with E-state index in [9.17, 15) is 24.3 Å².